The Morgan fingerprint density at radius 1 is 1.37 bits per heavy atom. The van der Waals surface area contributed by atoms with Crippen LogP contribution in [-0.4, -0.2) is 44.1 Å². The summed E-state index contributed by atoms with van der Waals surface area (Å²) in [7, 11) is 1.36. The van der Waals surface area contributed by atoms with Gasteiger partial charge in [0.15, 0.2) is 0 Å². The zero-order chi connectivity index (χ0) is 13.2. The Hall–Kier alpha value is -2.22. The third-order valence-electron chi connectivity index (χ3n) is 2.59. The first-order valence-electron chi connectivity index (χ1n) is 5.46. The van der Waals surface area contributed by atoms with Crippen LogP contribution < -0.4 is 0 Å². The number of methoxy groups -OCH3 is 1. The molecule has 7 nitrogen and oxygen atoms in total. The van der Waals surface area contributed by atoms with Gasteiger partial charge in [0.2, 0.25) is 5.65 Å². The van der Waals surface area contributed by atoms with Gasteiger partial charge >= 0.3 is 5.97 Å². The Kier molecular flexibility index (Phi) is 3.00. The number of carbonyl (C=O) groups is 1. The number of thioether (sulfide) groups is 1. The molecule has 19 heavy (non-hydrogen) atoms. The third-order valence-corrected chi connectivity index (χ3v) is 3.55. The molecule has 0 aliphatic carbocycles. The van der Waals surface area contributed by atoms with Gasteiger partial charge in [0, 0.05) is 10.8 Å². The summed E-state index contributed by atoms with van der Waals surface area (Å²) in [5.41, 5.74) is 0.595. The average Bonchev–Trinajstić information content (AvgIpc) is 2.92. The van der Waals surface area contributed by atoms with Gasteiger partial charge in [0.05, 0.1) is 12.9 Å². The van der Waals surface area contributed by atoms with E-state index in [1.165, 1.54) is 23.5 Å². The monoisotopic (exact) mass is 275 g/mol. The summed E-state index contributed by atoms with van der Waals surface area (Å²) in [6, 6.07) is 7.67. The minimum Gasteiger partial charge on any atom is -0.468 e. The van der Waals surface area contributed by atoms with E-state index in [9.17, 15) is 4.79 Å². The van der Waals surface area contributed by atoms with Gasteiger partial charge in [0.1, 0.15) is 5.03 Å². The van der Waals surface area contributed by atoms with Crippen molar-refractivity contribution in [2.45, 2.75) is 5.03 Å². The first kappa shape index (κ1) is 11.8. The maximum absolute atomic E-state index is 11.2. The van der Waals surface area contributed by atoms with E-state index < -0.39 is 0 Å². The van der Waals surface area contributed by atoms with Gasteiger partial charge in [-0.25, -0.2) is 0 Å². The van der Waals surface area contributed by atoms with E-state index in [1.807, 2.05) is 24.3 Å². The molecular weight excluding hydrogens is 266 g/mol. The van der Waals surface area contributed by atoms with E-state index in [0.717, 1.165) is 10.8 Å². The molecule has 0 radical (unpaired) electrons. The van der Waals surface area contributed by atoms with Crippen molar-refractivity contribution >= 4 is 34.2 Å². The molecule has 1 aromatic carbocycles. The summed E-state index contributed by atoms with van der Waals surface area (Å²) < 4.78 is 5.98. The molecule has 0 atom stereocenters. The first-order chi connectivity index (χ1) is 9.29. The van der Waals surface area contributed by atoms with Gasteiger partial charge in [-0.05, 0) is 10.4 Å². The third kappa shape index (κ3) is 2.10. The van der Waals surface area contributed by atoms with Crippen molar-refractivity contribution in [1.29, 1.82) is 0 Å². The Morgan fingerprint density at radius 2 is 2.16 bits per heavy atom. The summed E-state index contributed by atoms with van der Waals surface area (Å²) in [5, 5.41) is 18.1. The molecule has 3 rings (SSSR count). The van der Waals surface area contributed by atoms with Crippen LogP contribution in [0.1, 0.15) is 0 Å². The number of rotatable bonds is 3. The second-order valence-electron chi connectivity index (χ2n) is 3.71. The Labute approximate surface area is 111 Å². The molecule has 0 saturated carbocycles. The standard InChI is InChI=1S/C11H9N5O2S/c1-18-9(17)6-19-11-8-5-3-2-4-7(8)10-12-14-15-16(10)13-11/h2-5H,6H2,1H3. The Balaban J connectivity index is 2.12. The lowest BCUT2D eigenvalue weighted by atomic mass is 10.2. The zero-order valence-electron chi connectivity index (χ0n) is 9.98. The molecule has 0 aliphatic rings. The zero-order valence-corrected chi connectivity index (χ0v) is 10.8. The molecule has 0 spiro atoms. The smallest absolute Gasteiger partial charge is 0.316 e. The number of aromatic nitrogens is 5. The molecule has 0 fully saturated rings. The molecule has 0 N–H and O–H groups in total. The number of esters is 1. The fourth-order valence-electron chi connectivity index (χ4n) is 1.71. The van der Waals surface area contributed by atoms with Crippen LogP contribution in [0.4, 0.5) is 0 Å². The normalized spacial score (nSPS) is 11.0. The summed E-state index contributed by atoms with van der Waals surface area (Å²) >= 11 is 1.30. The Morgan fingerprint density at radius 3 is 2.95 bits per heavy atom. The van der Waals surface area contributed by atoms with Crippen molar-refractivity contribution in [3.63, 3.8) is 0 Å². The Bertz CT molecular complexity index is 757. The first-order valence-corrected chi connectivity index (χ1v) is 6.45. The van der Waals surface area contributed by atoms with Crippen molar-refractivity contribution in [2.75, 3.05) is 12.9 Å². The van der Waals surface area contributed by atoms with Crippen LogP contribution in [0.25, 0.3) is 16.4 Å². The minimum atomic E-state index is -0.298. The van der Waals surface area contributed by atoms with Gasteiger partial charge in [0.25, 0.3) is 0 Å². The number of benzene rings is 1. The molecule has 3 aromatic rings. The van der Waals surface area contributed by atoms with Gasteiger partial charge in [-0.2, -0.15) is 0 Å². The van der Waals surface area contributed by atoms with Gasteiger partial charge in [-0.15, -0.1) is 14.8 Å². The molecule has 0 saturated heterocycles. The van der Waals surface area contributed by atoms with Crippen molar-refractivity contribution < 1.29 is 9.53 Å². The van der Waals surface area contributed by atoms with Gasteiger partial charge in [-0.3, -0.25) is 4.79 Å². The van der Waals surface area contributed by atoms with Crippen molar-refractivity contribution in [2.24, 2.45) is 0 Å². The lowest BCUT2D eigenvalue weighted by Crippen LogP contribution is -2.05. The van der Waals surface area contributed by atoms with E-state index in [0.29, 0.717) is 10.7 Å². The number of carbonyl (C=O) groups excluding carboxylic acids is 1. The van der Waals surface area contributed by atoms with Crippen LogP contribution in [0.5, 0.6) is 0 Å². The van der Waals surface area contributed by atoms with Crippen LogP contribution in [0.15, 0.2) is 29.3 Å². The van der Waals surface area contributed by atoms with Crippen molar-refractivity contribution in [3.8, 4) is 0 Å². The maximum Gasteiger partial charge on any atom is 0.316 e. The van der Waals surface area contributed by atoms with Crippen molar-refractivity contribution in [1.82, 2.24) is 25.3 Å². The largest absolute Gasteiger partial charge is 0.468 e. The number of hydrogen-bond acceptors (Lipinski definition) is 7. The molecule has 0 aliphatic heterocycles. The molecular formula is C11H9N5O2S. The predicted octanol–water partition coefficient (Wildman–Crippen LogP) is 0.938. The molecule has 2 aromatic heterocycles. The summed E-state index contributed by atoms with van der Waals surface area (Å²) in [6.07, 6.45) is 0. The van der Waals surface area contributed by atoms with E-state index in [2.05, 4.69) is 25.4 Å². The van der Waals surface area contributed by atoms with E-state index in [4.69, 9.17) is 0 Å². The highest BCUT2D eigenvalue weighted by Gasteiger charge is 2.12. The summed E-state index contributed by atoms with van der Waals surface area (Å²) in [6.45, 7) is 0. The molecule has 0 unspecified atom stereocenters. The van der Waals surface area contributed by atoms with Crippen molar-refractivity contribution in [3.05, 3.63) is 24.3 Å². The average molecular weight is 275 g/mol. The molecule has 96 valence electrons. The summed E-state index contributed by atoms with van der Waals surface area (Å²) in [4.78, 5) is 11.2. The number of nitrogens with zero attached hydrogens (tertiary/aromatic N) is 5. The van der Waals surface area contributed by atoms with Crippen LogP contribution in [0, 0.1) is 0 Å². The highest BCUT2D eigenvalue weighted by atomic mass is 32.2. The number of fused-ring (bicyclic) bond motifs is 3. The van der Waals surface area contributed by atoms with Gasteiger partial charge < -0.3 is 4.74 Å². The fourth-order valence-corrected chi connectivity index (χ4v) is 2.55. The molecule has 0 amide bonds. The van der Waals surface area contributed by atoms with E-state index >= 15 is 0 Å². The lowest BCUT2D eigenvalue weighted by molar-refractivity contribution is -0.137. The second kappa shape index (κ2) is 4.81. The minimum absolute atomic E-state index is 0.196. The van der Waals surface area contributed by atoms with E-state index in [1.54, 1.807) is 0 Å². The number of hydrogen-bond donors (Lipinski definition) is 0. The highest BCUT2D eigenvalue weighted by Crippen LogP contribution is 2.27. The number of tetrazole rings is 1. The van der Waals surface area contributed by atoms with Crippen LogP contribution >= 0.6 is 11.8 Å². The quantitative estimate of drug-likeness (QED) is 0.519. The molecule has 8 heteroatoms. The fraction of sp³-hybridized carbons (Fsp3) is 0.182. The SMILES string of the molecule is COC(=O)CSc1nn2nnnc2c2ccccc12. The molecule has 2 heterocycles. The van der Waals surface area contributed by atoms with Gasteiger partial charge in [-0.1, -0.05) is 36.0 Å². The number of ether oxygens (including phenoxy) is 1. The topological polar surface area (TPSA) is 82.3 Å². The highest BCUT2D eigenvalue weighted by molar-refractivity contribution is 8.00. The van der Waals surface area contributed by atoms with Crippen LogP contribution in [0.3, 0.4) is 0 Å². The van der Waals surface area contributed by atoms with Crippen LogP contribution in [0.2, 0.25) is 0 Å². The van der Waals surface area contributed by atoms with Crippen LogP contribution in [-0.2, 0) is 9.53 Å². The lowest BCUT2D eigenvalue weighted by Gasteiger charge is -2.04. The van der Waals surface area contributed by atoms with E-state index in [-0.39, 0.29) is 11.7 Å². The second-order valence-corrected chi connectivity index (χ2v) is 4.67. The molecule has 0 bridgehead atoms. The summed E-state index contributed by atoms with van der Waals surface area (Å²) in [5.74, 6) is -0.103. The maximum atomic E-state index is 11.2. The predicted molar refractivity (Wildman–Crippen MR) is 68.8 cm³/mol.